The van der Waals surface area contributed by atoms with Crippen LogP contribution < -0.4 is 34.9 Å². The van der Waals surface area contributed by atoms with E-state index >= 15 is 0 Å². The molecular weight excluding hydrogens is 1290 g/mol. The van der Waals surface area contributed by atoms with Crippen LogP contribution in [0.5, 0.6) is 5.75 Å². The number of halogens is 1. The van der Waals surface area contributed by atoms with Crippen molar-refractivity contribution in [1.82, 2.24) is 48.4 Å². The molecule has 20 nitrogen and oxygen atoms in total. The highest BCUT2D eigenvalue weighted by atomic mass is 32.2. The van der Waals surface area contributed by atoms with E-state index in [4.69, 9.17) is 4.74 Å². The average molecular weight is 1370 g/mol. The number of methoxy groups -OCH3 is 1. The van der Waals surface area contributed by atoms with Crippen LogP contribution >= 0.6 is 68.0 Å². The van der Waals surface area contributed by atoms with Crippen LogP contribution in [-0.2, 0) is 30.3 Å². The minimum Gasteiger partial charge on any atom is -0.495 e. The molecule has 480 valence electrons. The number of ether oxygens (including phenoxy) is 1. The van der Waals surface area contributed by atoms with E-state index < -0.39 is 36.1 Å². The summed E-state index contributed by atoms with van der Waals surface area (Å²) in [5.74, 6) is -0.103. The molecule has 8 aromatic rings. The summed E-state index contributed by atoms with van der Waals surface area (Å²) in [5, 5.41) is 21.8. The van der Waals surface area contributed by atoms with E-state index in [2.05, 4.69) is 80.8 Å². The van der Waals surface area contributed by atoms with Crippen molar-refractivity contribution in [2.45, 2.75) is 131 Å². The molecule has 0 bridgehead atoms. The molecule has 0 atom stereocenters. The van der Waals surface area contributed by atoms with Gasteiger partial charge in [0.15, 0.2) is 15.4 Å². The number of thiazole rings is 6. The summed E-state index contributed by atoms with van der Waals surface area (Å²) in [6, 6.07) is 9.94. The van der Waals surface area contributed by atoms with Gasteiger partial charge in [-0.15, -0.1) is 68.0 Å². The Bertz CT molecular complexity index is 3710. The molecule has 0 saturated carbocycles. The number of rotatable bonds is 31. The zero-order valence-corrected chi connectivity index (χ0v) is 56.8. The fraction of sp³-hybridized carbons (Fsp3) is 0.474. The molecule has 0 unspecified atom stereocenters. The highest BCUT2D eigenvalue weighted by Crippen LogP contribution is 2.33. The van der Waals surface area contributed by atoms with E-state index in [1.54, 1.807) is 80.2 Å². The van der Waals surface area contributed by atoms with E-state index in [1.807, 2.05) is 49.9 Å². The molecule has 0 amide bonds. The molecule has 0 aliphatic heterocycles. The molecule has 8 rings (SSSR count). The van der Waals surface area contributed by atoms with Crippen LogP contribution in [0.2, 0.25) is 0 Å². The normalized spacial score (nSPS) is 11.5. The van der Waals surface area contributed by atoms with Crippen molar-refractivity contribution in [3.63, 3.8) is 0 Å². The first-order valence-corrected chi connectivity index (χ1v) is 36.9. The second-order valence-corrected chi connectivity index (χ2v) is 31.8. The Morgan fingerprint density at radius 3 is 1.21 bits per heavy atom. The fourth-order valence-corrected chi connectivity index (χ4v) is 15.8. The molecule has 30 heteroatoms. The van der Waals surface area contributed by atoms with Crippen molar-refractivity contribution >= 4 is 114 Å². The van der Waals surface area contributed by atoms with Crippen LogP contribution in [0.3, 0.4) is 0 Å². The van der Waals surface area contributed by atoms with E-state index in [9.17, 15) is 29.6 Å². The summed E-state index contributed by atoms with van der Waals surface area (Å²) in [4.78, 5) is 31.2. The van der Waals surface area contributed by atoms with Crippen molar-refractivity contribution in [3.05, 3.63) is 99.6 Å². The van der Waals surface area contributed by atoms with E-state index in [1.165, 1.54) is 52.3 Å². The highest BCUT2D eigenvalue weighted by Gasteiger charge is 2.20. The number of aryl methyl sites for hydroxylation is 7. The Hall–Kier alpha value is -4.96. The first kappa shape index (κ1) is 74.5. The van der Waals surface area contributed by atoms with Gasteiger partial charge in [0.25, 0.3) is 10.2 Å². The maximum Gasteiger partial charge on any atom is 0.278 e. The zero-order chi connectivity index (χ0) is 61.7. The Labute approximate surface area is 539 Å². The summed E-state index contributed by atoms with van der Waals surface area (Å²) < 4.78 is 99.5. The summed E-state index contributed by atoms with van der Waals surface area (Å²) in [6.45, 7) is 17.6. The third kappa shape index (κ3) is 23.7. The molecule has 0 saturated heterocycles. The van der Waals surface area contributed by atoms with Gasteiger partial charge in [0.1, 0.15) is 50.6 Å². The van der Waals surface area contributed by atoms with Crippen LogP contribution in [0, 0.1) is 54.3 Å². The first-order chi connectivity index (χ1) is 40.4. The van der Waals surface area contributed by atoms with Gasteiger partial charge >= 0.3 is 0 Å². The van der Waals surface area contributed by atoms with Crippen molar-refractivity contribution in [1.29, 1.82) is 0 Å². The Balaban J connectivity index is 0.000000278. The third-order valence-corrected chi connectivity index (χ3v) is 22.0. The summed E-state index contributed by atoms with van der Waals surface area (Å²) >= 11 is 9.75. The van der Waals surface area contributed by atoms with Gasteiger partial charge < -0.3 is 20.7 Å². The lowest BCUT2D eigenvalue weighted by Gasteiger charge is -2.12. The minimum absolute atomic E-state index is 0. The number of anilines is 3. The number of benzene rings is 2. The van der Waals surface area contributed by atoms with Gasteiger partial charge in [-0.25, -0.2) is 65.3 Å². The molecule has 6 aromatic heterocycles. The number of sulfonamides is 2. The molecule has 0 aliphatic carbocycles. The van der Waals surface area contributed by atoms with Crippen molar-refractivity contribution < 1.29 is 34.4 Å². The second kappa shape index (κ2) is 36.0. The van der Waals surface area contributed by atoms with Gasteiger partial charge in [-0.05, 0) is 129 Å². The van der Waals surface area contributed by atoms with Gasteiger partial charge in [-0.3, -0.25) is 0 Å². The van der Waals surface area contributed by atoms with Crippen molar-refractivity contribution in [2.24, 2.45) is 0 Å². The molecule has 0 aliphatic rings. The van der Waals surface area contributed by atoms with Crippen LogP contribution in [0.15, 0.2) is 68.4 Å². The molecule has 2 aromatic carbocycles. The molecule has 0 radical (unpaired) electrons. The van der Waals surface area contributed by atoms with E-state index in [0.717, 1.165) is 160 Å². The number of unbranched alkanes of at least 4 members (excludes halogenated alkanes) is 6. The first-order valence-electron chi connectivity index (χ1n) is 27.4. The zero-order valence-electron chi connectivity index (χ0n) is 49.4. The Morgan fingerprint density at radius 1 is 0.483 bits per heavy atom. The fourth-order valence-electron chi connectivity index (χ4n) is 8.07. The quantitative estimate of drug-likeness (QED) is 0.0221. The van der Waals surface area contributed by atoms with Gasteiger partial charge in [0.05, 0.1) is 27.0 Å². The third-order valence-electron chi connectivity index (χ3n) is 12.4. The van der Waals surface area contributed by atoms with Gasteiger partial charge in [0, 0.05) is 84.1 Å². The molecule has 6 N–H and O–H groups in total. The molecule has 0 fully saturated rings. The number of hydrogen-bond donors (Lipinski definition) is 6. The number of hydrogen-bond acceptors (Lipinski definition) is 22. The second-order valence-electron chi connectivity index (χ2n) is 19.6. The maximum atomic E-state index is 12.9. The van der Waals surface area contributed by atoms with Crippen LogP contribution in [-0.4, -0.2) is 120 Å². The topological polar surface area (TPSA) is 264 Å². The summed E-state index contributed by atoms with van der Waals surface area (Å²) in [6.07, 6.45) is 7.83. The predicted molar refractivity (Wildman–Crippen MR) is 364 cm³/mol. The smallest absolute Gasteiger partial charge is 0.278 e. The Kier molecular flexibility index (Phi) is 30.9. The molecule has 87 heavy (non-hydrogen) atoms. The standard InChI is InChI=1S/C21H28N4O3S3.C19H23FN4O2S3.C15H25N5O2S3.2CH4/c1-14-8-9-18(28-4)19(12-14)31(26,27)23-11-7-5-6-10-22-21-25-17(13-29-21)20-15(2)30-16(3)24-20;1-13-18(23-14(2)28-13)17-12-27-19(24-17)21-10-4-3-5-11-22-29(25,26)16-8-6-15(20)7-9-16;1-11-14(18-12(2)24-11)13-10-23-15(19-13)16-8-6-5-7-9-17-25(21,22)20(3)4;;/h8-9,12-13,23H,5-7,10-11H2,1-4H3,(H,22,25);6-9,12,22H,3-5,10-11H2,1-2H3,(H,21,24);10,17H,5-9H2,1-4H3,(H,16,19);2*1H4. The number of nitrogens with one attached hydrogen (secondary N) is 6. The number of aromatic nitrogens is 6. The molecule has 6 heterocycles. The van der Waals surface area contributed by atoms with Gasteiger partial charge in [-0.1, -0.05) is 40.2 Å². The van der Waals surface area contributed by atoms with Gasteiger partial charge in [0.2, 0.25) is 20.0 Å². The summed E-state index contributed by atoms with van der Waals surface area (Å²) in [5.41, 5.74) is 6.49. The van der Waals surface area contributed by atoms with E-state index in [-0.39, 0.29) is 24.6 Å². The van der Waals surface area contributed by atoms with Crippen LogP contribution in [0.1, 0.15) is 108 Å². The minimum atomic E-state index is -3.59. The van der Waals surface area contributed by atoms with Crippen molar-refractivity contribution in [3.8, 4) is 39.9 Å². The predicted octanol–water partition coefficient (Wildman–Crippen LogP) is 13.5. The SMILES string of the molecule is C.C.COc1ccc(C)cc1S(=O)(=O)NCCCCCNc1nc(-c2nc(C)sc2C)cs1.Cc1nc(-c2csc(NCCCCCNS(=O)(=O)N(C)C)n2)c(C)s1.Cc1nc(-c2csc(NCCCCCNS(=O)(=O)c3ccc(F)cc3)n2)c(C)s1. The van der Waals surface area contributed by atoms with Crippen LogP contribution in [0.25, 0.3) is 34.2 Å². The largest absolute Gasteiger partial charge is 0.495 e. The summed E-state index contributed by atoms with van der Waals surface area (Å²) in [7, 11) is -5.97. The van der Waals surface area contributed by atoms with Crippen molar-refractivity contribution in [2.75, 3.05) is 76.4 Å². The maximum absolute atomic E-state index is 12.9. The Morgan fingerprint density at radius 2 is 0.851 bits per heavy atom. The monoisotopic (exact) mass is 1370 g/mol. The lowest BCUT2D eigenvalue weighted by Crippen LogP contribution is -2.36. The lowest BCUT2D eigenvalue weighted by molar-refractivity contribution is 0.402. The van der Waals surface area contributed by atoms with E-state index in [0.29, 0.717) is 25.4 Å². The lowest BCUT2D eigenvalue weighted by atomic mass is 10.2. The van der Waals surface area contributed by atoms with Crippen LogP contribution in [0.4, 0.5) is 19.8 Å². The highest BCUT2D eigenvalue weighted by molar-refractivity contribution is 7.90. The molecule has 0 spiro atoms. The molecular formula is C57H84FN13O7S9. The number of nitrogens with zero attached hydrogens (tertiary/aromatic N) is 7. The van der Waals surface area contributed by atoms with Gasteiger partial charge in [-0.2, -0.15) is 12.7 Å². The average Bonchev–Trinajstić information content (AvgIpc) is 2.92.